The maximum Gasteiger partial charge on any atom is 0.341 e. The smallest absolute Gasteiger partial charge is 0.341 e. The van der Waals surface area contributed by atoms with Crippen molar-refractivity contribution in [1.82, 2.24) is 4.90 Å². The highest BCUT2D eigenvalue weighted by atomic mass is 32.1. The van der Waals surface area contributed by atoms with E-state index in [0.29, 0.717) is 10.4 Å². The lowest BCUT2D eigenvalue weighted by atomic mass is 10.0. The summed E-state index contributed by atoms with van der Waals surface area (Å²) in [4.78, 5) is 65.0. The van der Waals surface area contributed by atoms with Crippen molar-refractivity contribution < 1.29 is 28.7 Å². The molecular formula is C23H24N2O6S. The molecule has 1 N–H and O–H groups in total. The zero-order chi connectivity index (χ0) is 23.7. The van der Waals surface area contributed by atoms with Gasteiger partial charge in [0.05, 0.1) is 28.2 Å². The van der Waals surface area contributed by atoms with Crippen LogP contribution in [0.4, 0.5) is 5.00 Å². The summed E-state index contributed by atoms with van der Waals surface area (Å²) in [5.74, 6) is -3.04. The second kappa shape index (κ2) is 9.04. The Morgan fingerprint density at radius 1 is 1.09 bits per heavy atom. The first-order valence-corrected chi connectivity index (χ1v) is 11.0. The fraction of sp³-hybridized carbons (Fsp3) is 0.348. The van der Waals surface area contributed by atoms with Crippen molar-refractivity contribution in [2.45, 2.75) is 40.7 Å². The van der Waals surface area contributed by atoms with E-state index in [0.717, 1.165) is 16.2 Å². The van der Waals surface area contributed by atoms with E-state index in [2.05, 4.69) is 5.32 Å². The molecule has 1 aromatic heterocycles. The number of fused-ring (bicyclic) bond motifs is 1. The quantitative estimate of drug-likeness (QED) is 0.387. The molecule has 0 radical (unpaired) electrons. The molecule has 2 aromatic rings. The molecular weight excluding hydrogens is 432 g/mol. The van der Waals surface area contributed by atoms with E-state index >= 15 is 0 Å². The van der Waals surface area contributed by atoms with Gasteiger partial charge in [-0.05, 0) is 44.4 Å². The number of nitrogens with one attached hydrogen (secondary N) is 1. The first-order valence-electron chi connectivity index (χ1n) is 10.2. The number of ketones is 1. The summed E-state index contributed by atoms with van der Waals surface area (Å²) >= 11 is 0.967. The lowest BCUT2D eigenvalue weighted by Gasteiger charge is -2.28. The molecule has 0 spiro atoms. The van der Waals surface area contributed by atoms with Crippen LogP contribution in [0.1, 0.15) is 74.0 Å². The normalized spacial score (nSPS) is 13.9. The Morgan fingerprint density at radius 3 is 2.12 bits per heavy atom. The van der Waals surface area contributed by atoms with E-state index in [4.69, 9.17) is 4.74 Å². The molecule has 0 bridgehead atoms. The minimum absolute atomic E-state index is 0.0975. The van der Waals surface area contributed by atoms with Crippen LogP contribution in [0.15, 0.2) is 24.3 Å². The number of hydrogen-bond donors (Lipinski definition) is 1. The van der Waals surface area contributed by atoms with Gasteiger partial charge in [-0.15, -0.1) is 11.3 Å². The average molecular weight is 457 g/mol. The number of Topliss-reactive ketones (excluding diaryl/α,β-unsaturated/α-hetero) is 1. The molecule has 1 aromatic carbocycles. The number of ether oxygens (including phenoxy) is 1. The second-order valence-electron chi connectivity index (χ2n) is 7.74. The van der Waals surface area contributed by atoms with Crippen molar-refractivity contribution in [1.29, 1.82) is 0 Å². The molecule has 0 fully saturated rings. The Hall–Kier alpha value is -3.33. The van der Waals surface area contributed by atoms with Gasteiger partial charge in [0.1, 0.15) is 11.0 Å². The predicted octanol–water partition coefficient (Wildman–Crippen LogP) is 3.70. The van der Waals surface area contributed by atoms with E-state index in [-0.39, 0.29) is 34.1 Å². The first-order chi connectivity index (χ1) is 15.1. The van der Waals surface area contributed by atoms with Gasteiger partial charge >= 0.3 is 5.97 Å². The third kappa shape index (κ3) is 3.95. The van der Waals surface area contributed by atoms with Gasteiger partial charge in [0.2, 0.25) is 5.91 Å². The van der Waals surface area contributed by atoms with Crippen molar-refractivity contribution in [2.75, 3.05) is 11.9 Å². The second-order valence-corrected chi connectivity index (χ2v) is 8.76. The van der Waals surface area contributed by atoms with Crippen LogP contribution in [-0.4, -0.2) is 47.0 Å². The SMILES string of the molecule is CCOC(=O)c1c(NC(=O)[C@H](C(C)C)N2C(=O)c3ccccc3C2=O)sc(C(C)=O)c1C. The van der Waals surface area contributed by atoms with Gasteiger partial charge in [-0.25, -0.2) is 4.79 Å². The molecule has 0 unspecified atom stereocenters. The van der Waals surface area contributed by atoms with Gasteiger partial charge in [0.25, 0.3) is 11.8 Å². The zero-order valence-electron chi connectivity index (χ0n) is 18.5. The summed E-state index contributed by atoms with van der Waals surface area (Å²) in [6.45, 7) is 8.21. The van der Waals surface area contributed by atoms with Crippen LogP contribution in [0.25, 0.3) is 0 Å². The maximum absolute atomic E-state index is 13.3. The molecule has 32 heavy (non-hydrogen) atoms. The Balaban J connectivity index is 1.99. The lowest BCUT2D eigenvalue weighted by Crippen LogP contribution is -2.50. The minimum atomic E-state index is -1.11. The van der Waals surface area contributed by atoms with E-state index in [1.807, 2.05) is 0 Å². The van der Waals surface area contributed by atoms with Crippen molar-refractivity contribution in [3.63, 3.8) is 0 Å². The highest BCUT2D eigenvalue weighted by molar-refractivity contribution is 7.18. The van der Waals surface area contributed by atoms with Crippen molar-refractivity contribution in [2.24, 2.45) is 5.92 Å². The van der Waals surface area contributed by atoms with Gasteiger partial charge in [0, 0.05) is 0 Å². The maximum atomic E-state index is 13.3. The molecule has 1 aliphatic rings. The number of esters is 1. The number of nitrogens with zero attached hydrogens (tertiary/aromatic N) is 1. The minimum Gasteiger partial charge on any atom is -0.462 e. The van der Waals surface area contributed by atoms with Gasteiger partial charge in [-0.1, -0.05) is 26.0 Å². The topological polar surface area (TPSA) is 110 Å². The predicted molar refractivity (Wildman–Crippen MR) is 119 cm³/mol. The fourth-order valence-corrected chi connectivity index (χ4v) is 4.84. The number of imide groups is 1. The number of amides is 3. The number of carbonyl (C=O) groups excluding carboxylic acids is 5. The van der Waals surface area contributed by atoms with Crippen molar-refractivity contribution in [3.8, 4) is 0 Å². The van der Waals surface area contributed by atoms with E-state index in [1.165, 1.54) is 6.92 Å². The van der Waals surface area contributed by atoms with E-state index < -0.39 is 35.7 Å². The van der Waals surface area contributed by atoms with Crippen LogP contribution in [0.2, 0.25) is 0 Å². The van der Waals surface area contributed by atoms with Gasteiger partial charge in [0.15, 0.2) is 5.78 Å². The molecule has 0 saturated carbocycles. The lowest BCUT2D eigenvalue weighted by molar-refractivity contribution is -0.121. The summed E-state index contributed by atoms with van der Waals surface area (Å²) in [5, 5.41) is 2.82. The summed E-state index contributed by atoms with van der Waals surface area (Å²) in [6, 6.07) is 5.29. The molecule has 3 rings (SSSR count). The van der Waals surface area contributed by atoms with Crippen LogP contribution in [0.3, 0.4) is 0 Å². The van der Waals surface area contributed by atoms with Gasteiger partial charge in [-0.3, -0.25) is 24.1 Å². The molecule has 0 aliphatic carbocycles. The molecule has 0 saturated heterocycles. The fourth-order valence-electron chi connectivity index (χ4n) is 3.75. The number of thiophene rings is 1. The third-order valence-electron chi connectivity index (χ3n) is 5.19. The Kier molecular flexibility index (Phi) is 6.59. The third-order valence-corrected chi connectivity index (χ3v) is 6.49. The van der Waals surface area contributed by atoms with E-state index in [1.54, 1.807) is 52.0 Å². The standard InChI is InChI=1S/C23H24N2O6S/c1-6-31-23(30)16-12(4)18(13(5)26)32-20(16)24-19(27)17(11(2)3)25-21(28)14-9-7-8-10-15(14)22(25)29/h7-11,17H,6H2,1-5H3,(H,24,27)/t17-/m0/s1. The van der Waals surface area contributed by atoms with Crippen LogP contribution in [0, 0.1) is 12.8 Å². The highest BCUT2D eigenvalue weighted by Gasteiger charge is 2.44. The average Bonchev–Trinajstić information content (AvgIpc) is 3.18. The summed E-state index contributed by atoms with van der Waals surface area (Å²) in [6.07, 6.45) is 0. The monoisotopic (exact) mass is 456 g/mol. The van der Waals surface area contributed by atoms with Crippen LogP contribution < -0.4 is 5.32 Å². The molecule has 9 heteroatoms. The summed E-state index contributed by atoms with van der Waals surface area (Å²) < 4.78 is 5.09. The molecule has 2 heterocycles. The van der Waals surface area contributed by atoms with Crippen LogP contribution >= 0.6 is 11.3 Å². The molecule has 1 atom stereocenters. The Morgan fingerprint density at radius 2 is 1.66 bits per heavy atom. The number of anilines is 1. The first kappa shape index (κ1) is 23.3. The van der Waals surface area contributed by atoms with Gasteiger partial charge < -0.3 is 10.1 Å². The molecule has 1 aliphatic heterocycles. The number of rotatable bonds is 7. The van der Waals surface area contributed by atoms with Crippen LogP contribution in [-0.2, 0) is 9.53 Å². The van der Waals surface area contributed by atoms with Crippen molar-refractivity contribution >= 4 is 45.8 Å². The summed E-state index contributed by atoms with van der Waals surface area (Å²) in [5.41, 5.74) is 1.00. The van der Waals surface area contributed by atoms with Crippen molar-refractivity contribution in [3.05, 3.63) is 51.4 Å². The number of carbonyl (C=O) groups is 5. The largest absolute Gasteiger partial charge is 0.462 e. The Bertz CT molecular complexity index is 1100. The number of benzene rings is 1. The summed E-state index contributed by atoms with van der Waals surface area (Å²) in [7, 11) is 0. The highest BCUT2D eigenvalue weighted by Crippen LogP contribution is 2.35. The Labute approximate surface area is 189 Å². The molecule has 168 valence electrons. The number of hydrogen-bond acceptors (Lipinski definition) is 7. The molecule has 3 amide bonds. The molecule has 8 nitrogen and oxygen atoms in total. The van der Waals surface area contributed by atoms with Gasteiger partial charge in [-0.2, -0.15) is 0 Å². The zero-order valence-corrected chi connectivity index (χ0v) is 19.3. The van der Waals surface area contributed by atoms with Crippen LogP contribution in [0.5, 0.6) is 0 Å². The van der Waals surface area contributed by atoms with E-state index in [9.17, 15) is 24.0 Å².